The lowest BCUT2D eigenvalue weighted by Gasteiger charge is -2.50. The molecule has 1 spiro atoms. The fourth-order valence-corrected chi connectivity index (χ4v) is 5.14. The van der Waals surface area contributed by atoms with Gasteiger partial charge in [-0.05, 0) is 31.0 Å². The third kappa shape index (κ3) is 3.20. The fraction of sp³-hybridized carbons (Fsp3) is 0.375. The number of pyridine rings is 1. The van der Waals surface area contributed by atoms with E-state index in [0.29, 0.717) is 18.4 Å². The first kappa shape index (κ1) is 18.6. The van der Waals surface area contributed by atoms with E-state index in [1.165, 1.54) is 12.8 Å². The number of aromatic nitrogens is 4. The Bertz CT molecular complexity index is 1290. The Morgan fingerprint density at radius 1 is 1.13 bits per heavy atom. The van der Waals surface area contributed by atoms with Crippen LogP contribution in [0.15, 0.2) is 59.8 Å². The minimum Gasteiger partial charge on any atom is -0.370 e. The van der Waals surface area contributed by atoms with Crippen molar-refractivity contribution < 1.29 is 0 Å². The van der Waals surface area contributed by atoms with E-state index >= 15 is 0 Å². The predicted octanol–water partition coefficient (Wildman–Crippen LogP) is 2.48. The van der Waals surface area contributed by atoms with Crippen molar-refractivity contribution in [1.82, 2.24) is 24.5 Å². The number of nitrogens with zero attached hydrogens (tertiary/aromatic N) is 5. The molecule has 3 aromatic heterocycles. The first-order valence-electron chi connectivity index (χ1n) is 11.1. The van der Waals surface area contributed by atoms with Crippen molar-refractivity contribution in [3.63, 3.8) is 0 Å². The lowest BCUT2D eigenvalue weighted by atomic mass is 9.75. The smallest absolute Gasteiger partial charge is 0.276 e. The van der Waals surface area contributed by atoms with Crippen molar-refractivity contribution in [1.29, 1.82) is 0 Å². The van der Waals surface area contributed by atoms with E-state index in [-0.39, 0.29) is 5.56 Å². The molecule has 1 aromatic carbocycles. The summed E-state index contributed by atoms with van der Waals surface area (Å²) in [7, 11) is 0. The maximum atomic E-state index is 13.5. The zero-order valence-corrected chi connectivity index (χ0v) is 17.5. The molecule has 1 N–H and O–H groups in total. The predicted molar refractivity (Wildman–Crippen MR) is 122 cm³/mol. The number of hydrogen-bond acceptors (Lipinski definition) is 5. The van der Waals surface area contributed by atoms with E-state index in [2.05, 4.69) is 26.4 Å². The average Bonchev–Trinajstić information content (AvgIpc) is 3.20. The highest BCUT2D eigenvalue weighted by atomic mass is 16.1. The van der Waals surface area contributed by atoms with Gasteiger partial charge in [0, 0.05) is 55.8 Å². The molecule has 7 nitrogen and oxygen atoms in total. The molecule has 2 aliphatic heterocycles. The molecule has 31 heavy (non-hydrogen) atoms. The Hall–Kier alpha value is -3.19. The van der Waals surface area contributed by atoms with Gasteiger partial charge in [-0.25, -0.2) is 9.67 Å². The molecule has 0 unspecified atom stereocenters. The Balaban J connectivity index is 1.32. The van der Waals surface area contributed by atoms with Crippen molar-refractivity contribution in [3.8, 4) is 0 Å². The van der Waals surface area contributed by atoms with E-state index < -0.39 is 0 Å². The van der Waals surface area contributed by atoms with Gasteiger partial charge in [0.25, 0.3) is 5.56 Å². The topological polar surface area (TPSA) is 67.5 Å². The maximum absolute atomic E-state index is 13.5. The minimum absolute atomic E-state index is 0.0109. The van der Waals surface area contributed by atoms with Crippen LogP contribution in [-0.4, -0.2) is 45.3 Å². The van der Waals surface area contributed by atoms with Gasteiger partial charge in [-0.1, -0.05) is 18.2 Å². The van der Waals surface area contributed by atoms with E-state index in [4.69, 9.17) is 0 Å². The SMILES string of the molecule is O=c1c2c(N3CCCC4(CNC4)C3)cccc2cnn1CCc1cn2ccccc2n1. The van der Waals surface area contributed by atoms with Crippen LogP contribution < -0.4 is 15.8 Å². The van der Waals surface area contributed by atoms with Crippen LogP contribution in [0.3, 0.4) is 0 Å². The molecule has 2 aliphatic rings. The van der Waals surface area contributed by atoms with Gasteiger partial charge in [0.1, 0.15) is 5.65 Å². The molecule has 5 heterocycles. The average molecular weight is 415 g/mol. The second-order valence-corrected chi connectivity index (χ2v) is 8.99. The van der Waals surface area contributed by atoms with E-state index in [1.54, 1.807) is 4.68 Å². The zero-order valence-electron chi connectivity index (χ0n) is 17.5. The molecule has 7 heteroatoms. The van der Waals surface area contributed by atoms with Crippen molar-refractivity contribution in [2.45, 2.75) is 25.8 Å². The number of aryl methyl sites for hydroxylation is 2. The molecule has 2 saturated heterocycles. The fourth-order valence-electron chi connectivity index (χ4n) is 5.14. The standard InChI is InChI=1S/C24H26N6O/c31-23-22-18(5-3-6-20(22)29-11-4-9-24(17-29)15-25-16-24)13-26-30(23)12-8-19-14-28-10-2-1-7-21(28)27-19/h1-3,5-7,10,13-14,25H,4,8-9,11-12,15-17H2. The first-order chi connectivity index (χ1) is 15.2. The van der Waals surface area contributed by atoms with Crippen LogP contribution >= 0.6 is 0 Å². The van der Waals surface area contributed by atoms with Gasteiger partial charge in [-0.2, -0.15) is 5.10 Å². The monoisotopic (exact) mass is 414 g/mol. The summed E-state index contributed by atoms with van der Waals surface area (Å²) in [5.41, 5.74) is 3.29. The van der Waals surface area contributed by atoms with E-state index in [0.717, 1.165) is 54.0 Å². The van der Waals surface area contributed by atoms with Crippen LogP contribution in [0.5, 0.6) is 0 Å². The number of piperidine rings is 1. The van der Waals surface area contributed by atoms with E-state index in [9.17, 15) is 4.79 Å². The molecule has 0 radical (unpaired) electrons. The summed E-state index contributed by atoms with van der Waals surface area (Å²) in [6, 6.07) is 12.1. The van der Waals surface area contributed by atoms with Crippen LogP contribution in [0.2, 0.25) is 0 Å². The summed E-state index contributed by atoms with van der Waals surface area (Å²) < 4.78 is 3.60. The molecular weight excluding hydrogens is 388 g/mol. The molecule has 0 saturated carbocycles. The van der Waals surface area contributed by atoms with Crippen LogP contribution in [0.1, 0.15) is 18.5 Å². The Kier molecular flexibility index (Phi) is 4.31. The Morgan fingerprint density at radius 3 is 2.90 bits per heavy atom. The van der Waals surface area contributed by atoms with Gasteiger partial charge in [0.05, 0.1) is 29.5 Å². The molecular formula is C24H26N6O. The number of imidazole rings is 1. The molecule has 6 rings (SSSR count). The summed E-state index contributed by atoms with van der Waals surface area (Å²) in [5, 5.41) is 9.60. The lowest BCUT2D eigenvalue weighted by molar-refractivity contribution is 0.138. The third-order valence-corrected chi connectivity index (χ3v) is 6.85. The van der Waals surface area contributed by atoms with Gasteiger partial charge in [-0.15, -0.1) is 0 Å². The highest BCUT2D eigenvalue weighted by molar-refractivity contribution is 5.93. The van der Waals surface area contributed by atoms with Crippen LogP contribution in [0.4, 0.5) is 5.69 Å². The number of hydrogen-bond donors (Lipinski definition) is 1. The molecule has 2 fully saturated rings. The van der Waals surface area contributed by atoms with Gasteiger partial charge < -0.3 is 14.6 Å². The lowest BCUT2D eigenvalue weighted by Crippen LogP contribution is -2.61. The maximum Gasteiger partial charge on any atom is 0.276 e. The summed E-state index contributed by atoms with van der Waals surface area (Å²) >= 11 is 0. The Labute approximate surface area is 180 Å². The summed E-state index contributed by atoms with van der Waals surface area (Å²) in [4.78, 5) is 20.5. The van der Waals surface area contributed by atoms with Gasteiger partial charge in [-0.3, -0.25) is 4.79 Å². The molecule has 158 valence electrons. The highest BCUT2D eigenvalue weighted by Gasteiger charge is 2.40. The van der Waals surface area contributed by atoms with Gasteiger partial charge >= 0.3 is 0 Å². The molecule has 4 aromatic rings. The minimum atomic E-state index is -0.0109. The number of anilines is 1. The van der Waals surface area contributed by atoms with Crippen LogP contribution in [-0.2, 0) is 13.0 Å². The van der Waals surface area contributed by atoms with Crippen molar-refractivity contribution in [2.75, 3.05) is 31.1 Å². The number of rotatable bonds is 4. The quantitative estimate of drug-likeness (QED) is 0.556. The van der Waals surface area contributed by atoms with Crippen LogP contribution in [0, 0.1) is 5.41 Å². The Morgan fingerprint density at radius 2 is 2.06 bits per heavy atom. The van der Waals surface area contributed by atoms with Crippen molar-refractivity contribution in [2.24, 2.45) is 5.41 Å². The van der Waals surface area contributed by atoms with Gasteiger partial charge in [0.15, 0.2) is 0 Å². The van der Waals surface area contributed by atoms with Gasteiger partial charge in [0.2, 0.25) is 0 Å². The third-order valence-electron chi connectivity index (χ3n) is 6.85. The molecule has 0 aliphatic carbocycles. The zero-order chi connectivity index (χ0) is 20.8. The highest BCUT2D eigenvalue weighted by Crippen LogP contribution is 2.37. The van der Waals surface area contributed by atoms with Crippen molar-refractivity contribution in [3.05, 3.63) is 71.0 Å². The number of fused-ring (bicyclic) bond motifs is 2. The summed E-state index contributed by atoms with van der Waals surface area (Å²) in [5.74, 6) is 0. The molecule has 0 atom stereocenters. The first-order valence-corrected chi connectivity index (χ1v) is 11.1. The number of nitrogens with one attached hydrogen (secondary N) is 1. The largest absolute Gasteiger partial charge is 0.370 e. The second kappa shape index (κ2) is 7.20. The summed E-state index contributed by atoms with van der Waals surface area (Å²) in [6.07, 6.45) is 8.95. The molecule has 0 bridgehead atoms. The van der Waals surface area contributed by atoms with E-state index in [1.807, 2.05) is 53.3 Å². The van der Waals surface area contributed by atoms with Crippen LogP contribution in [0.25, 0.3) is 16.4 Å². The van der Waals surface area contributed by atoms with Crippen molar-refractivity contribution >= 4 is 22.1 Å². The number of benzene rings is 1. The molecule has 0 amide bonds. The summed E-state index contributed by atoms with van der Waals surface area (Å²) in [6.45, 7) is 4.70. The normalized spacial score (nSPS) is 18.0. The second-order valence-electron chi connectivity index (χ2n) is 8.99.